The van der Waals surface area contributed by atoms with Crippen LogP contribution in [-0.2, 0) is 4.74 Å². The highest BCUT2D eigenvalue weighted by molar-refractivity contribution is 5.60. The van der Waals surface area contributed by atoms with Crippen molar-refractivity contribution >= 4 is 17.5 Å². The van der Waals surface area contributed by atoms with Crippen molar-refractivity contribution in [3.05, 3.63) is 15.8 Å². The fraction of sp³-hybridized carbons (Fsp3) is 0.692. The summed E-state index contributed by atoms with van der Waals surface area (Å²) in [5, 5.41) is 17.2. The van der Waals surface area contributed by atoms with E-state index in [1.807, 2.05) is 6.92 Å². The number of aryl methyl sites for hydroxylation is 1. The van der Waals surface area contributed by atoms with E-state index >= 15 is 0 Å². The van der Waals surface area contributed by atoms with Gasteiger partial charge in [-0.3, -0.25) is 10.1 Å². The molecule has 1 heterocycles. The minimum atomic E-state index is -0.448. The van der Waals surface area contributed by atoms with Crippen molar-refractivity contribution in [3.63, 3.8) is 0 Å². The van der Waals surface area contributed by atoms with E-state index in [0.717, 1.165) is 25.8 Å². The average Bonchev–Trinajstić information content (AvgIpc) is 2.44. The van der Waals surface area contributed by atoms with Gasteiger partial charge < -0.3 is 15.4 Å². The van der Waals surface area contributed by atoms with Crippen molar-refractivity contribution in [2.45, 2.75) is 33.1 Å². The van der Waals surface area contributed by atoms with Gasteiger partial charge in [0.15, 0.2) is 0 Å². The molecular formula is C13H23N5O3. The molecule has 0 aromatic carbocycles. The van der Waals surface area contributed by atoms with Crippen molar-refractivity contribution in [1.29, 1.82) is 0 Å². The van der Waals surface area contributed by atoms with E-state index in [2.05, 4.69) is 20.6 Å². The molecule has 0 fully saturated rings. The van der Waals surface area contributed by atoms with Crippen molar-refractivity contribution in [3.8, 4) is 0 Å². The number of nitro groups is 1. The van der Waals surface area contributed by atoms with Gasteiger partial charge in [-0.1, -0.05) is 6.92 Å². The number of aromatic nitrogens is 2. The largest absolute Gasteiger partial charge is 0.385 e. The molecule has 2 N–H and O–H groups in total. The second kappa shape index (κ2) is 9.06. The van der Waals surface area contributed by atoms with Gasteiger partial charge >= 0.3 is 5.69 Å². The molecule has 1 rings (SSSR count). The van der Waals surface area contributed by atoms with Crippen LogP contribution in [0.2, 0.25) is 0 Å². The fourth-order valence-electron chi connectivity index (χ4n) is 1.80. The van der Waals surface area contributed by atoms with E-state index in [9.17, 15) is 10.1 Å². The minimum absolute atomic E-state index is 0.0659. The Morgan fingerprint density at radius 3 is 2.62 bits per heavy atom. The molecular weight excluding hydrogens is 274 g/mol. The minimum Gasteiger partial charge on any atom is -0.385 e. The second-order valence-corrected chi connectivity index (χ2v) is 4.64. The summed E-state index contributed by atoms with van der Waals surface area (Å²) in [6.45, 7) is 5.65. The van der Waals surface area contributed by atoms with Crippen LogP contribution < -0.4 is 10.6 Å². The third-order valence-corrected chi connectivity index (χ3v) is 2.84. The van der Waals surface area contributed by atoms with Gasteiger partial charge in [0.1, 0.15) is 5.69 Å². The van der Waals surface area contributed by atoms with Crippen molar-refractivity contribution < 1.29 is 9.66 Å². The molecule has 0 unspecified atom stereocenters. The lowest BCUT2D eigenvalue weighted by molar-refractivity contribution is -0.385. The number of nitrogens with one attached hydrogen (secondary N) is 2. The Morgan fingerprint density at radius 1 is 1.24 bits per heavy atom. The highest BCUT2D eigenvalue weighted by Crippen LogP contribution is 2.26. The third-order valence-electron chi connectivity index (χ3n) is 2.84. The molecule has 1 aromatic rings. The van der Waals surface area contributed by atoms with Crippen LogP contribution in [-0.4, -0.2) is 41.7 Å². The zero-order valence-corrected chi connectivity index (χ0v) is 12.8. The first kappa shape index (κ1) is 17.1. The summed E-state index contributed by atoms with van der Waals surface area (Å²) in [6.07, 6.45) is 2.67. The topological polar surface area (TPSA) is 102 Å². The first-order chi connectivity index (χ1) is 10.1. The van der Waals surface area contributed by atoms with Crippen molar-refractivity contribution in [1.82, 2.24) is 9.97 Å². The number of ether oxygens (including phenoxy) is 1. The maximum absolute atomic E-state index is 11.1. The summed E-state index contributed by atoms with van der Waals surface area (Å²) in [4.78, 5) is 19.0. The molecule has 0 saturated heterocycles. The van der Waals surface area contributed by atoms with Crippen molar-refractivity contribution in [2.24, 2.45) is 0 Å². The van der Waals surface area contributed by atoms with E-state index in [1.54, 1.807) is 14.0 Å². The van der Waals surface area contributed by atoms with Crippen LogP contribution in [0.4, 0.5) is 17.5 Å². The Bertz CT molecular complexity index is 467. The average molecular weight is 297 g/mol. The van der Waals surface area contributed by atoms with E-state index < -0.39 is 4.92 Å². The molecule has 0 spiro atoms. The van der Waals surface area contributed by atoms with Gasteiger partial charge in [-0.05, 0) is 26.2 Å². The molecule has 118 valence electrons. The molecule has 8 heteroatoms. The maximum atomic E-state index is 11.1. The summed E-state index contributed by atoms with van der Waals surface area (Å²) in [5.74, 6) is 0.683. The Balaban J connectivity index is 2.80. The van der Waals surface area contributed by atoms with Gasteiger partial charge in [0, 0.05) is 26.8 Å². The van der Waals surface area contributed by atoms with Crippen LogP contribution in [0.5, 0.6) is 0 Å². The zero-order valence-electron chi connectivity index (χ0n) is 12.8. The number of anilines is 2. The van der Waals surface area contributed by atoms with Crippen LogP contribution in [0.15, 0.2) is 0 Å². The molecule has 1 aromatic heterocycles. The Hall–Kier alpha value is -1.96. The summed E-state index contributed by atoms with van der Waals surface area (Å²) in [5.41, 5.74) is 0.289. The highest BCUT2D eigenvalue weighted by atomic mass is 16.6. The lowest BCUT2D eigenvalue weighted by atomic mass is 10.3. The quantitative estimate of drug-likeness (QED) is 0.388. The predicted octanol–water partition coefficient (Wildman–Crippen LogP) is 2.35. The molecule has 0 atom stereocenters. The van der Waals surface area contributed by atoms with Crippen LogP contribution in [0.1, 0.15) is 31.9 Å². The van der Waals surface area contributed by atoms with Gasteiger partial charge in [-0.2, -0.15) is 4.98 Å². The Labute approximate surface area is 124 Å². The molecule has 0 radical (unpaired) electrons. The van der Waals surface area contributed by atoms with Gasteiger partial charge in [0.2, 0.25) is 11.8 Å². The third kappa shape index (κ3) is 5.50. The fourth-order valence-corrected chi connectivity index (χ4v) is 1.80. The molecule has 8 nitrogen and oxygen atoms in total. The monoisotopic (exact) mass is 297 g/mol. The molecule has 0 bridgehead atoms. The summed E-state index contributed by atoms with van der Waals surface area (Å²) in [7, 11) is 1.65. The van der Waals surface area contributed by atoms with E-state index in [4.69, 9.17) is 4.74 Å². The lowest BCUT2D eigenvalue weighted by Gasteiger charge is -2.10. The van der Waals surface area contributed by atoms with Gasteiger partial charge in [0.25, 0.3) is 0 Å². The van der Waals surface area contributed by atoms with E-state index in [0.29, 0.717) is 24.8 Å². The van der Waals surface area contributed by atoms with Crippen LogP contribution in [0.3, 0.4) is 0 Å². The first-order valence-corrected chi connectivity index (χ1v) is 7.09. The predicted molar refractivity (Wildman–Crippen MR) is 81.8 cm³/mol. The van der Waals surface area contributed by atoms with Crippen LogP contribution in [0.25, 0.3) is 0 Å². The maximum Gasteiger partial charge on any atom is 0.332 e. The molecule has 0 aliphatic rings. The zero-order chi connectivity index (χ0) is 15.7. The number of hydrogen-bond donors (Lipinski definition) is 2. The normalized spacial score (nSPS) is 10.4. The number of nitrogens with zero attached hydrogens (tertiary/aromatic N) is 3. The van der Waals surface area contributed by atoms with Crippen LogP contribution in [0, 0.1) is 17.0 Å². The Kier molecular flexibility index (Phi) is 7.38. The number of hydrogen-bond acceptors (Lipinski definition) is 7. The molecule has 0 aliphatic heterocycles. The standard InChI is InChI=1S/C13H23N5O3/c1-4-7-15-13-16-10(2)11(18(19)20)12(17-13)14-8-5-6-9-21-3/h4-9H2,1-3H3,(H2,14,15,16,17). The number of methoxy groups -OCH3 is 1. The first-order valence-electron chi connectivity index (χ1n) is 7.09. The van der Waals surface area contributed by atoms with Gasteiger partial charge in [-0.25, -0.2) is 4.98 Å². The molecule has 0 amide bonds. The SMILES string of the molecule is CCCNc1nc(C)c([N+](=O)[O-])c(NCCCCOC)n1. The summed E-state index contributed by atoms with van der Waals surface area (Å²) in [6, 6.07) is 0. The summed E-state index contributed by atoms with van der Waals surface area (Å²) >= 11 is 0. The summed E-state index contributed by atoms with van der Waals surface area (Å²) < 4.78 is 4.97. The Morgan fingerprint density at radius 2 is 2.00 bits per heavy atom. The highest BCUT2D eigenvalue weighted by Gasteiger charge is 2.21. The van der Waals surface area contributed by atoms with E-state index in [-0.39, 0.29) is 11.5 Å². The number of rotatable bonds is 10. The van der Waals surface area contributed by atoms with Gasteiger partial charge in [-0.15, -0.1) is 0 Å². The molecule has 0 saturated carbocycles. The lowest BCUT2D eigenvalue weighted by Crippen LogP contribution is -2.12. The number of unbranched alkanes of at least 4 members (excludes halogenated alkanes) is 1. The van der Waals surface area contributed by atoms with Crippen LogP contribution >= 0.6 is 0 Å². The second-order valence-electron chi connectivity index (χ2n) is 4.64. The smallest absolute Gasteiger partial charge is 0.332 e. The molecule has 21 heavy (non-hydrogen) atoms. The van der Waals surface area contributed by atoms with Crippen molar-refractivity contribution in [2.75, 3.05) is 37.4 Å². The molecule has 0 aliphatic carbocycles. The van der Waals surface area contributed by atoms with Gasteiger partial charge in [0.05, 0.1) is 4.92 Å². The van der Waals surface area contributed by atoms with E-state index in [1.165, 1.54) is 0 Å².